The van der Waals surface area contributed by atoms with Crippen molar-refractivity contribution >= 4 is 17.7 Å². The number of pyridine rings is 1. The fraction of sp³-hybridized carbons (Fsp3) is 0.571. The van der Waals surface area contributed by atoms with Gasteiger partial charge in [0.15, 0.2) is 0 Å². The summed E-state index contributed by atoms with van der Waals surface area (Å²) in [4.78, 5) is 32.1. The highest BCUT2D eigenvalue weighted by Gasteiger charge is 2.26. The fourth-order valence-corrected chi connectivity index (χ4v) is 3.59. The van der Waals surface area contributed by atoms with Crippen molar-refractivity contribution in [3.05, 3.63) is 35.7 Å². The van der Waals surface area contributed by atoms with Crippen LogP contribution in [0.4, 0.5) is 10.5 Å². The Kier molecular flexibility index (Phi) is 7.28. The summed E-state index contributed by atoms with van der Waals surface area (Å²) in [7, 11) is 0. The van der Waals surface area contributed by atoms with Crippen molar-refractivity contribution in [1.29, 1.82) is 0 Å². The molecule has 1 aliphatic heterocycles. The van der Waals surface area contributed by atoms with Gasteiger partial charge in [0.2, 0.25) is 0 Å². The van der Waals surface area contributed by atoms with E-state index in [1.807, 2.05) is 6.07 Å². The molecule has 1 N–H and O–H groups in total. The number of anilines is 1. The lowest BCUT2D eigenvalue weighted by atomic mass is 9.97. The molecule has 0 unspecified atom stereocenters. The quantitative estimate of drug-likeness (QED) is 0.760. The maximum atomic E-state index is 12.6. The van der Waals surface area contributed by atoms with Crippen LogP contribution >= 0.6 is 0 Å². The summed E-state index contributed by atoms with van der Waals surface area (Å²) in [6.45, 7) is 4.99. The molecule has 0 bridgehead atoms. The lowest BCUT2D eigenvalue weighted by molar-refractivity contribution is 0.0566. The van der Waals surface area contributed by atoms with E-state index in [0.717, 1.165) is 18.7 Å². The molecular formula is C21H30N4O3. The van der Waals surface area contributed by atoms with E-state index in [2.05, 4.69) is 16.4 Å². The molecule has 1 fully saturated rings. The zero-order valence-electron chi connectivity index (χ0n) is 16.7. The van der Waals surface area contributed by atoms with E-state index >= 15 is 0 Å². The Morgan fingerprint density at radius 3 is 2.57 bits per heavy atom. The Morgan fingerprint density at radius 2 is 1.93 bits per heavy atom. The van der Waals surface area contributed by atoms with Gasteiger partial charge in [-0.1, -0.05) is 11.6 Å². The largest absolute Gasteiger partial charge is 0.450 e. The lowest BCUT2D eigenvalue weighted by Crippen LogP contribution is -2.50. The van der Waals surface area contributed by atoms with Gasteiger partial charge >= 0.3 is 6.09 Å². The summed E-state index contributed by atoms with van der Waals surface area (Å²) in [5, 5.41) is 3.38. The van der Waals surface area contributed by atoms with Crippen LogP contribution in [-0.2, 0) is 4.74 Å². The molecule has 0 saturated carbocycles. The first-order valence-electron chi connectivity index (χ1n) is 10.3. The van der Waals surface area contributed by atoms with E-state index in [0.29, 0.717) is 38.5 Å². The predicted octanol–water partition coefficient (Wildman–Crippen LogP) is 3.30. The van der Waals surface area contributed by atoms with Gasteiger partial charge in [-0.05, 0) is 51.2 Å². The van der Waals surface area contributed by atoms with Crippen molar-refractivity contribution in [2.24, 2.45) is 0 Å². The van der Waals surface area contributed by atoms with E-state index in [1.54, 1.807) is 34.6 Å². The van der Waals surface area contributed by atoms with Crippen molar-refractivity contribution in [2.75, 3.05) is 44.6 Å². The molecule has 1 aromatic heterocycles. The Hall–Kier alpha value is -2.57. The molecule has 3 rings (SSSR count). The van der Waals surface area contributed by atoms with Crippen LogP contribution in [0.25, 0.3) is 0 Å². The number of ether oxygens (including phenoxy) is 1. The highest BCUT2D eigenvalue weighted by Crippen LogP contribution is 2.20. The smallest absolute Gasteiger partial charge is 0.409 e. The topological polar surface area (TPSA) is 74.8 Å². The van der Waals surface area contributed by atoms with Crippen LogP contribution in [-0.4, -0.2) is 66.1 Å². The second kappa shape index (κ2) is 10.1. The molecule has 28 heavy (non-hydrogen) atoms. The zero-order valence-corrected chi connectivity index (χ0v) is 16.7. The van der Waals surface area contributed by atoms with Gasteiger partial charge in [-0.2, -0.15) is 0 Å². The van der Waals surface area contributed by atoms with Gasteiger partial charge in [-0.15, -0.1) is 0 Å². The SMILES string of the molecule is CCOC(=O)N1CCN(C(=O)c2ccc(NCCC3=CCCCC3)cn2)CC1. The average Bonchev–Trinajstić information content (AvgIpc) is 2.75. The number of aromatic nitrogens is 1. The van der Waals surface area contributed by atoms with Gasteiger partial charge in [-0.3, -0.25) is 4.79 Å². The first kappa shape index (κ1) is 20.2. The minimum Gasteiger partial charge on any atom is -0.450 e. The maximum Gasteiger partial charge on any atom is 0.409 e. The van der Waals surface area contributed by atoms with Crippen molar-refractivity contribution in [3.8, 4) is 0 Å². The Morgan fingerprint density at radius 1 is 1.14 bits per heavy atom. The van der Waals surface area contributed by atoms with Crippen molar-refractivity contribution in [2.45, 2.75) is 39.0 Å². The molecule has 0 spiro atoms. The van der Waals surface area contributed by atoms with Gasteiger partial charge in [0.25, 0.3) is 5.91 Å². The predicted molar refractivity (Wildman–Crippen MR) is 108 cm³/mol. The lowest BCUT2D eigenvalue weighted by Gasteiger charge is -2.33. The van der Waals surface area contributed by atoms with Gasteiger partial charge in [0.05, 0.1) is 18.5 Å². The number of carbonyl (C=O) groups is 2. The number of rotatable bonds is 6. The van der Waals surface area contributed by atoms with Crippen LogP contribution in [0.3, 0.4) is 0 Å². The third kappa shape index (κ3) is 5.47. The molecule has 2 aliphatic rings. The van der Waals surface area contributed by atoms with Crippen LogP contribution in [0, 0.1) is 0 Å². The summed E-state index contributed by atoms with van der Waals surface area (Å²) >= 11 is 0. The summed E-state index contributed by atoms with van der Waals surface area (Å²) in [6.07, 6.45) is 9.88. The summed E-state index contributed by atoms with van der Waals surface area (Å²) in [5.74, 6) is -0.0950. The van der Waals surface area contributed by atoms with Crippen LogP contribution in [0.5, 0.6) is 0 Å². The normalized spacial score (nSPS) is 17.1. The Bertz CT molecular complexity index is 694. The van der Waals surface area contributed by atoms with Crippen molar-refractivity contribution in [1.82, 2.24) is 14.8 Å². The van der Waals surface area contributed by atoms with E-state index < -0.39 is 0 Å². The minimum atomic E-state index is -0.313. The highest BCUT2D eigenvalue weighted by molar-refractivity contribution is 5.92. The van der Waals surface area contributed by atoms with Gasteiger partial charge in [-0.25, -0.2) is 9.78 Å². The number of nitrogens with one attached hydrogen (secondary N) is 1. The molecule has 2 amide bonds. The molecule has 0 atom stereocenters. The Balaban J connectivity index is 1.44. The Labute approximate surface area is 166 Å². The maximum absolute atomic E-state index is 12.6. The van der Waals surface area contributed by atoms with Crippen LogP contribution in [0.2, 0.25) is 0 Å². The molecular weight excluding hydrogens is 356 g/mol. The monoisotopic (exact) mass is 386 g/mol. The first-order valence-corrected chi connectivity index (χ1v) is 10.3. The molecule has 152 valence electrons. The van der Waals surface area contributed by atoms with Crippen LogP contribution in [0.1, 0.15) is 49.5 Å². The molecule has 1 saturated heterocycles. The molecule has 1 aliphatic carbocycles. The molecule has 7 nitrogen and oxygen atoms in total. The van der Waals surface area contributed by atoms with Gasteiger partial charge in [0.1, 0.15) is 5.69 Å². The molecule has 1 aromatic rings. The van der Waals surface area contributed by atoms with Crippen LogP contribution < -0.4 is 5.32 Å². The van der Waals surface area contributed by atoms with Crippen LogP contribution in [0.15, 0.2) is 30.0 Å². The third-order valence-corrected chi connectivity index (χ3v) is 5.24. The number of piperazine rings is 1. The third-order valence-electron chi connectivity index (χ3n) is 5.24. The summed E-state index contributed by atoms with van der Waals surface area (Å²) in [6, 6.07) is 3.67. The molecule has 2 heterocycles. The number of carbonyl (C=O) groups excluding carboxylic acids is 2. The van der Waals surface area contributed by atoms with Gasteiger partial charge < -0.3 is 19.9 Å². The number of hydrogen-bond donors (Lipinski definition) is 1. The van der Waals surface area contributed by atoms with E-state index in [-0.39, 0.29) is 12.0 Å². The number of nitrogens with zero attached hydrogens (tertiary/aromatic N) is 3. The van der Waals surface area contributed by atoms with Gasteiger partial charge in [0, 0.05) is 32.7 Å². The zero-order chi connectivity index (χ0) is 19.8. The molecule has 0 aromatic carbocycles. The number of amides is 2. The minimum absolute atomic E-state index is 0.0950. The summed E-state index contributed by atoms with van der Waals surface area (Å²) < 4.78 is 5.01. The summed E-state index contributed by atoms with van der Waals surface area (Å²) in [5.41, 5.74) is 2.91. The van der Waals surface area contributed by atoms with E-state index in [9.17, 15) is 9.59 Å². The standard InChI is InChI=1S/C21H30N4O3/c1-2-28-21(27)25-14-12-24(13-15-25)20(26)19-9-8-18(16-23-19)22-11-10-17-6-4-3-5-7-17/h6,8-9,16,22H,2-5,7,10-15H2,1H3. The second-order valence-electron chi connectivity index (χ2n) is 7.20. The average molecular weight is 386 g/mol. The second-order valence-corrected chi connectivity index (χ2v) is 7.20. The van der Waals surface area contributed by atoms with Crippen molar-refractivity contribution in [3.63, 3.8) is 0 Å². The number of allylic oxidation sites excluding steroid dienone is 1. The molecule has 0 radical (unpaired) electrons. The fourth-order valence-electron chi connectivity index (χ4n) is 3.59. The van der Waals surface area contributed by atoms with E-state index in [4.69, 9.17) is 4.74 Å². The van der Waals surface area contributed by atoms with Crippen molar-refractivity contribution < 1.29 is 14.3 Å². The van der Waals surface area contributed by atoms with E-state index in [1.165, 1.54) is 25.7 Å². The molecule has 7 heteroatoms. The number of hydrogen-bond acceptors (Lipinski definition) is 5. The highest BCUT2D eigenvalue weighted by atomic mass is 16.6. The first-order chi connectivity index (χ1) is 13.7.